The second-order valence-corrected chi connectivity index (χ2v) is 4.40. The highest BCUT2D eigenvalue weighted by atomic mass is 16.5. The fourth-order valence-electron chi connectivity index (χ4n) is 2.36. The summed E-state index contributed by atoms with van der Waals surface area (Å²) in [4.78, 5) is 0. The molecule has 0 N–H and O–H groups in total. The first-order valence-electron chi connectivity index (χ1n) is 4.42. The first-order chi connectivity index (χ1) is 5.10. The molecule has 1 saturated carbocycles. The molecule has 2 rings (SSSR count). The van der Waals surface area contributed by atoms with Crippen LogP contribution in [-0.2, 0) is 0 Å². The van der Waals surface area contributed by atoms with Crippen molar-refractivity contribution in [3.8, 4) is 0 Å². The van der Waals surface area contributed by atoms with Gasteiger partial charge in [0.05, 0.1) is 0 Å². The van der Waals surface area contributed by atoms with Crippen molar-refractivity contribution in [2.24, 2.45) is 11.8 Å². The van der Waals surface area contributed by atoms with Crippen molar-refractivity contribution < 1.29 is 4.74 Å². The Labute approximate surface area is 67.5 Å². The van der Waals surface area contributed by atoms with E-state index in [1.165, 1.54) is 24.0 Å². The molecule has 2 unspecified atom stereocenters. The zero-order chi connectivity index (χ0) is 8.06. The Balaban J connectivity index is 2.35. The van der Waals surface area contributed by atoms with Crippen LogP contribution in [0.1, 0.15) is 33.1 Å². The van der Waals surface area contributed by atoms with Crippen molar-refractivity contribution in [1.82, 2.24) is 0 Å². The van der Waals surface area contributed by atoms with Crippen molar-refractivity contribution in [3.05, 3.63) is 5.21 Å². The molecule has 2 bridgehead atoms. The quantitative estimate of drug-likeness (QED) is 0.385. The van der Waals surface area contributed by atoms with Crippen LogP contribution in [0.2, 0.25) is 0 Å². The van der Waals surface area contributed by atoms with E-state index in [1.807, 2.05) is 6.21 Å². The van der Waals surface area contributed by atoms with E-state index in [0.29, 0.717) is 11.8 Å². The molecule has 1 heterocycles. The topological polar surface area (TPSA) is 26.1 Å². The fourth-order valence-corrected chi connectivity index (χ4v) is 2.36. The Hall–Kier alpha value is -0.530. The summed E-state index contributed by atoms with van der Waals surface area (Å²) < 4.78 is 1.18. The van der Waals surface area contributed by atoms with Gasteiger partial charge in [-0.25, -0.2) is 4.74 Å². The van der Waals surface area contributed by atoms with E-state index in [-0.39, 0.29) is 5.54 Å². The average Bonchev–Trinajstić information content (AvgIpc) is 2.31. The van der Waals surface area contributed by atoms with Crippen LogP contribution < -0.4 is 0 Å². The van der Waals surface area contributed by atoms with E-state index >= 15 is 0 Å². The lowest BCUT2D eigenvalue weighted by atomic mass is 9.84. The fraction of sp³-hybridized carbons (Fsp3) is 0.889. The summed E-state index contributed by atoms with van der Waals surface area (Å²) in [7, 11) is 0. The highest BCUT2D eigenvalue weighted by Crippen LogP contribution is 2.41. The Kier molecular flexibility index (Phi) is 1.29. The summed E-state index contributed by atoms with van der Waals surface area (Å²) in [6.45, 7) is 4.12. The Morgan fingerprint density at radius 3 is 2.91 bits per heavy atom. The van der Waals surface area contributed by atoms with Crippen LogP contribution in [0, 0.1) is 17.0 Å². The predicted molar refractivity (Wildman–Crippen MR) is 44.6 cm³/mol. The van der Waals surface area contributed by atoms with Gasteiger partial charge in [-0.05, 0) is 19.3 Å². The number of hydrogen-bond acceptors (Lipinski definition) is 1. The van der Waals surface area contributed by atoms with Gasteiger partial charge in [-0.1, -0.05) is 0 Å². The van der Waals surface area contributed by atoms with Crippen LogP contribution in [0.15, 0.2) is 0 Å². The normalized spacial score (nSPS) is 40.4. The van der Waals surface area contributed by atoms with Gasteiger partial charge in [-0.15, -0.1) is 0 Å². The molecule has 1 aliphatic heterocycles. The Morgan fingerprint density at radius 2 is 2.18 bits per heavy atom. The van der Waals surface area contributed by atoms with E-state index in [0.717, 1.165) is 0 Å². The van der Waals surface area contributed by atoms with Gasteiger partial charge in [0.15, 0.2) is 11.8 Å². The maximum absolute atomic E-state index is 11.4. The monoisotopic (exact) mass is 153 g/mol. The van der Waals surface area contributed by atoms with Crippen LogP contribution in [0.5, 0.6) is 0 Å². The van der Waals surface area contributed by atoms with Gasteiger partial charge in [-0.3, -0.25) is 0 Å². The highest BCUT2D eigenvalue weighted by Gasteiger charge is 2.46. The minimum Gasteiger partial charge on any atom is -0.624 e. The summed E-state index contributed by atoms with van der Waals surface area (Å²) in [6.07, 6.45) is 5.59. The number of hydroxylamine groups is 1. The molecule has 11 heavy (non-hydrogen) atoms. The summed E-state index contributed by atoms with van der Waals surface area (Å²) in [5.74, 6) is 1.22. The molecule has 0 aromatic rings. The lowest BCUT2D eigenvalue weighted by molar-refractivity contribution is -0.553. The van der Waals surface area contributed by atoms with Crippen molar-refractivity contribution in [3.63, 3.8) is 0 Å². The molecular weight excluding hydrogens is 138 g/mol. The number of fused-ring (bicyclic) bond motifs is 2. The third-order valence-electron chi connectivity index (χ3n) is 3.39. The smallest absolute Gasteiger partial charge is 0.169 e. The molecule has 0 amide bonds. The predicted octanol–water partition coefficient (Wildman–Crippen LogP) is 1.78. The van der Waals surface area contributed by atoms with E-state index in [9.17, 15) is 5.21 Å². The summed E-state index contributed by atoms with van der Waals surface area (Å²) in [5.41, 5.74) is -0.132. The zero-order valence-corrected chi connectivity index (χ0v) is 7.21. The maximum Gasteiger partial charge on any atom is 0.169 e. The first kappa shape index (κ1) is 7.14. The van der Waals surface area contributed by atoms with Crippen molar-refractivity contribution >= 4 is 6.21 Å². The van der Waals surface area contributed by atoms with Gasteiger partial charge >= 0.3 is 0 Å². The van der Waals surface area contributed by atoms with E-state index in [4.69, 9.17) is 0 Å². The third-order valence-corrected chi connectivity index (χ3v) is 3.39. The molecular formula is C9H15NO. The second-order valence-electron chi connectivity index (χ2n) is 4.40. The van der Waals surface area contributed by atoms with E-state index in [1.54, 1.807) is 0 Å². The third kappa shape index (κ3) is 0.883. The SMILES string of the molecule is CC1(C)C2CCC(C=[N+]1[O-])C2. The van der Waals surface area contributed by atoms with Gasteiger partial charge in [0, 0.05) is 25.7 Å². The molecule has 0 aromatic carbocycles. The average molecular weight is 153 g/mol. The van der Waals surface area contributed by atoms with Gasteiger partial charge < -0.3 is 5.21 Å². The first-order valence-corrected chi connectivity index (χ1v) is 4.42. The lowest BCUT2D eigenvalue weighted by Crippen LogP contribution is -2.43. The number of nitrogens with zero attached hydrogens (tertiary/aromatic N) is 1. The van der Waals surface area contributed by atoms with Crippen molar-refractivity contribution in [2.75, 3.05) is 0 Å². The minimum absolute atomic E-state index is 0.132. The molecule has 1 aliphatic carbocycles. The summed E-state index contributed by atoms with van der Waals surface area (Å²) >= 11 is 0. The van der Waals surface area contributed by atoms with E-state index < -0.39 is 0 Å². The molecule has 0 spiro atoms. The number of hydrogen-bond donors (Lipinski definition) is 0. The van der Waals surface area contributed by atoms with Gasteiger partial charge in [0.25, 0.3) is 0 Å². The molecule has 2 nitrogen and oxygen atoms in total. The van der Waals surface area contributed by atoms with Crippen molar-refractivity contribution in [2.45, 2.75) is 38.6 Å². The lowest BCUT2D eigenvalue weighted by Gasteiger charge is -2.32. The molecule has 0 radical (unpaired) electrons. The standard InChI is InChI=1S/C9H15NO/c1-9(2)8-4-3-7(5-8)6-10(9)11/h6-8H,3-5H2,1-2H3. The largest absolute Gasteiger partial charge is 0.624 e. The molecule has 0 aromatic heterocycles. The van der Waals surface area contributed by atoms with Crippen LogP contribution in [-0.4, -0.2) is 16.5 Å². The van der Waals surface area contributed by atoms with Crippen LogP contribution in [0.25, 0.3) is 0 Å². The van der Waals surface area contributed by atoms with E-state index in [2.05, 4.69) is 13.8 Å². The molecule has 62 valence electrons. The van der Waals surface area contributed by atoms with Gasteiger partial charge in [0.1, 0.15) is 0 Å². The molecule has 2 heteroatoms. The summed E-state index contributed by atoms with van der Waals surface area (Å²) in [6, 6.07) is 0. The molecule has 2 atom stereocenters. The Bertz CT molecular complexity index is 208. The molecule has 1 fully saturated rings. The molecule has 0 saturated heterocycles. The molecule has 2 aliphatic rings. The van der Waals surface area contributed by atoms with Crippen molar-refractivity contribution in [1.29, 1.82) is 0 Å². The zero-order valence-electron chi connectivity index (χ0n) is 7.21. The highest BCUT2D eigenvalue weighted by molar-refractivity contribution is 5.57. The maximum atomic E-state index is 11.4. The van der Waals surface area contributed by atoms with Crippen LogP contribution in [0.3, 0.4) is 0 Å². The summed E-state index contributed by atoms with van der Waals surface area (Å²) in [5, 5.41) is 11.4. The second kappa shape index (κ2) is 1.99. The minimum atomic E-state index is -0.132. The number of rotatable bonds is 0. The Morgan fingerprint density at radius 1 is 1.45 bits per heavy atom. The van der Waals surface area contributed by atoms with Gasteiger partial charge in [0.2, 0.25) is 0 Å². The van der Waals surface area contributed by atoms with Crippen LogP contribution >= 0.6 is 0 Å². The van der Waals surface area contributed by atoms with Crippen LogP contribution in [0.4, 0.5) is 0 Å². The van der Waals surface area contributed by atoms with Gasteiger partial charge in [-0.2, -0.15) is 0 Å².